The van der Waals surface area contributed by atoms with Crippen LogP contribution in [-0.4, -0.2) is 0 Å². The molecule has 0 unspecified atom stereocenters. The fourth-order valence-electron chi connectivity index (χ4n) is 2.44. The summed E-state index contributed by atoms with van der Waals surface area (Å²) in [6, 6.07) is 8.83. The summed E-state index contributed by atoms with van der Waals surface area (Å²) in [4.78, 5) is 0. The molecule has 0 aromatic heterocycles. The maximum atomic E-state index is 2.37. The van der Waals surface area contributed by atoms with Gasteiger partial charge in [0.15, 0.2) is 0 Å². The van der Waals surface area contributed by atoms with Crippen LogP contribution in [0.15, 0.2) is 24.3 Å². The Morgan fingerprint density at radius 3 is 1.21 bits per heavy atom. The third kappa shape index (κ3) is 7.40. The Labute approximate surface area is 121 Å². The standard InChI is InChI=1S/C10H14.C8H16.CH4/c1-3-9-5-7-10(4-2)8-6-9;1-7-3-5-8(2)6-4-7;/h5-8H,3-4H2,1-2H3;7-8H,3-6H2,1-2H3;1H4. The molecule has 0 atom stereocenters. The first kappa shape index (κ1) is 18.2. The lowest BCUT2D eigenvalue weighted by Crippen LogP contribution is -2.08. The average Bonchev–Trinajstić information content (AvgIpc) is 2.43. The van der Waals surface area contributed by atoms with E-state index < -0.39 is 0 Å². The molecule has 19 heavy (non-hydrogen) atoms. The molecule has 0 nitrogen and oxygen atoms in total. The van der Waals surface area contributed by atoms with Crippen molar-refractivity contribution < 1.29 is 0 Å². The number of rotatable bonds is 2. The zero-order chi connectivity index (χ0) is 13.4. The lowest BCUT2D eigenvalue weighted by Gasteiger charge is -2.22. The van der Waals surface area contributed by atoms with Gasteiger partial charge in [-0.05, 0) is 35.8 Å². The van der Waals surface area contributed by atoms with Gasteiger partial charge in [-0.2, -0.15) is 0 Å². The Morgan fingerprint density at radius 1 is 0.737 bits per heavy atom. The first-order valence-corrected chi connectivity index (χ1v) is 7.73. The van der Waals surface area contributed by atoms with Gasteiger partial charge in [0, 0.05) is 0 Å². The molecule has 1 aromatic carbocycles. The highest BCUT2D eigenvalue weighted by Crippen LogP contribution is 2.27. The first-order chi connectivity index (χ1) is 8.65. The fraction of sp³-hybridized carbons (Fsp3) is 0.684. The minimum absolute atomic E-state index is 0. The van der Waals surface area contributed by atoms with E-state index in [-0.39, 0.29) is 7.43 Å². The van der Waals surface area contributed by atoms with Crippen LogP contribution in [0.1, 0.15) is 71.9 Å². The minimum atomic E-state index is 0. The van der Waals surface area contributed by atoms with Gasteiger partial charge in [-0.25, -0.2) is 0 Å². The molecule has 0 radical (unpaired) electrons. The molecule has 1 aromatic rings. The van der Waals surface area contributed by atoms with E-state index in [1.54, 1.807) is 0 Å². The fourth-order valence-corrected chi connectivity index (χ4v) is 2.44. The summed E-state index contributed by atoms with van der Waals surface area (Å²) >= 11 is 0. The number of benzene rings is 1. The Kier molecular flexibility index (Phi) is 9.65. The Hall–Kier alpha value is -0.780. The van der Waals surface area contributed by atoms with E-state index in [1.165, 1.54) is 36.8 Å². The van der Waals surface area contributed by atoms with E-state index in [2.05, 4.69) is 52.0 Å². The molecule has 0 heteroatoms. The van der Waals surface area contributed by atoms with Crippen LogP contribution < -0.4 is 0 Å². The van der Waals surface area contributed by atoms with Crippen LogP contribution in [0.2, 0.25) is 0 Å². The van der Waals surface area contributed by atoms with E-state index in [1.807, 2.05) is 0 Å². The average molecular weight is 262 g/mol. The topological polar surface area (TPSA) is 0 Å². The number of hydrogen-bond acceptors (Lipinski definition) is 0. The molecule has 0 saturated heterocycles. The molecule has 0 heterocycles. The van der Waals surface area contributed by atoms with Crippen molar-refractivity contribution in [2.75, 3.05) is 0 Å². The van der Waals surface area contributed by atoms with Gasteiger partial charge in [-0.3, -0.25) is 0 Å². The molecule has 1 fully saturated rings. The summed E-state index contributed by atoms with van der Waals surface area (Å²) in [5.41, 5.74) is 2.86. The van der Waals surface area contributed by atoms with E-state index in [0.717, 1.165) is 24.7 Å². The zero-order valence-electron chi connectivity index (χ0n) is 12.7. The summed E-state index contributed by atoms with van der Waals surface area (Å²) in [7, 11) is 0. The van der Waals surface area contributed by atoms with Gasteiger partial charge >= 0.3 is 0 Å². The van der Waals surface area contributed by atoms with Gasteiger partial charge < -0.3 is 0 Å². The highest BCUT2D eigenvalue weighted by atomic mass is 14.2. The minimum Gasteiger partial charge on any atom is -0.0776 e. The predicted octanol–water partition coefficient (Wildman–Crippen LogP) is 6.28. The zero-order valence-corrected chi connectivity index (χ0v) is 12.7. The first-order valence-electron chi connectivity index (χ1n) is 7.73. The van der Waals surface area contributed by atoms with Crippen LogP contribution in [0, 0.1) is 11.8 Å². The lowest BCUT2D eigenvalue weighted by atomic mass is 9.84. The van der Waals surface area contributed by atoms with E-state index >= 15 is 0 Å². The van der Waals surface area contributed by atoms with Gasteiger partial charge in [0.05, 0.1) is 0 Å². The van der Waals surface area contributed by atoms with Crippen molar-refractivity contribution in [3.8, 4) is 0 Å². The number of hydrogen-bond donors (Lipinski definition) is 0. The van der Waals surface area contributed by atoms with Crippen molar-refractivity contribution in [1.29, 1.82) is 0 Å². The molecule has 0 spiro atoms. The van der Waals surface area contributed by atoms with Crippen LogP contribution in [0.4, 0.5) is 0 Å². The van der Waals surface area contributed by atoms with Crippen LogP contribution >= 0.6 is 0 Å². The van der Waals surface area contributed by atoms with Crippen molar-refractivity contribution in [1.82, 2.24) is 0 Å². The van der Waals surface area contributed by atoms with Gasteiger partial charge in [0.1, 0.15) is 0 Å². The van der Waals surface area contributed by atoms with Gasteiger partial charge in [0.25, 0.3) is 0 Å². The van der Waals surface area contributed by atoms with Crippen molar-refractivity contribution in [3.05, 3.63) is 35.4 Å². The van der Waals surface area contributed by atoms with Crippen LogP contribution in [0.25, 0.3) is 0 Å². The van der Waals surface area contributed by atoms with Crippen LogP contribution in [0.3, 0.4) is 0 Å². The maximum Gasteiger partial charge on any atom is -0.0307 e. The SMILES string of the molecule is C.CC1CCC(C)CC1.CCc1ccc(CC)cc1. The molecule has 0 aliphatic heterocycles. The molecule has 0 N–H and O–H groups in total. The van der Waals surface area contributed by atoms with E-state index in [9.17, 15) is 0 Å². The predicted molar refractivity (Wildman–Crippen MR) is 88.7 cm³/mol. The largest absolute Gasteiger partial charge is 0.0776 e. The van der Waals surface area contributed by atoms with Crippen molar-refractivity contribution in [2.45, 2.75) is 73.6 Å². The summed E-state index contributed by atoms with van der Waals surface area (Å²) in [6.45, 7) is 9.10. The Balaban J connectivity index is 0.000000331. The quantitative estimate of drug-likeness (QED) is 0.588. The normalized spacial score (nSPS) is 21.9. The molecular weight excluding hydrogens is 228 g/mol. The number of aryl methyl sites for hydroxylation is 2. The Bertz CT molecular complexity index is 268. The summed E-state index contributed by atoms with van der Waals surface area (Å²) in [5, 5.41) is 0. The monoisotopic (exact) mass is 262 g/mol. The smallest absolute Gasteiger partial charge is 0.0307 e. The Morgan fingerprint density at radius 2 is 1.00 bits per heavy atom. The molecule has 0 amide bonds. The second-order valence-electron chi connectivity index (χ2n) is 5.89. The van der Waals surface area contributed by atoms with Crippen molar-refractivity contribution in [2.24, 2.45) is 11.8 Å². The van der Waals surface area contributed by atoms with Crippen molar-refractivity contribution in [3.63, 3.8) is 0 Å². The molecule has 1 saturated carbocycles. The third-order valence-corrected chi connectivity index (χ3v) is 4.14. The molecule has 0 bridgehead atoms. The van der Waals surface area contributed by atoms with Crippen molar-refractivity contribution >= 4 is 0 Å². The van der Waals surface area contributed by atoms with E-state index in [4.69, 9.17) is 0 Å². The second-order valence-corrected chi connectivity index (χ2v) is 5.89. The van der Waals surface area contributed by atoms with Gasteiger partial charge in [-0.1, -0.05) is 85.1 Å². The third-order valence-electron chi connectivity index (χ3n) is 4.14. The highest BCUT2D eigenvalue weighted by Gasteiger charge is 2.13. The highest BCUT2D eigenvalue weighted by molar-refractivity contribution is 5.22. The van der Waals surface area contributed by atoms with Crippen LogP contribution in [0.5, 0.6) is 0 Å². The van der Waals surface area contributed by atoms with Crippen LogP contribution in [-0.2, 0) is 12.8 Å². The lowest BCUT2D eigenvalue weighted by molar-refractivity contribution is 0.308. The maximum absolute atomic E-state index is 2.37. The van der Waals surface area contributed by atoms with E-state index in [0.29, 0.717) is 0 Å². The molecule has 1 aliphatic rings. The van der Waals surface area contributed by atoms with Gasteiger partial charge in [-0.15, -0.1) is 0 Å². The molecule has 1 aliphatic carbocycles. The second kappa shape index (κ2) is 10.1. The summed E-state index contributed by atoms with van der Waals surface area (Å²) in [5.74, 6) is 2.04. The molecular formula is C19H34. The summed E-state index contributed by atoms with van der Waals surface area (Å²) < 4.78 is 0. The summed E-state index contributed by atoms with van der Waals surface area (Å²) in [6.07, 6.45) is 8.18. The molecule has 2 rings (SSSR count). The van der Waals surface area contributed by atoms with Gasteiger partial charge in [0.2, 0.25) is 0 Å². The molecule has 110 valence electrons.